The van der Waals surface area contributed by atoms with E-state index >= 15 is 0 Å². The molecular weight excluding hydrogens is 520 g/mol. The van der Waals surface area contributed by atoms with Crippen molar-refractivity contribution >= 4 is 37.7 Å². The van der Waals surface area contributed by atoms with Crippen LogP contribution < -0.4 is 5.32 Å². The largest absolute Gasteiger partial charge is 0.354 e. The lowest BCUT2D eigenvalue weighted by Gasteiger charge is -2.38. The molecule has 0 radical (unpaired) electrons. The SMILES string of the molecule is O=C(NCCSc1ccccn1)C1CN(S(=O)(=O)c2ccccc2)CCN1S(=O)(=O)c1ccccc1. The highest BCUT2D eigenvalue weighted by molar-refractivity contribution is 7.99. The predicted molar refractivity (Wildman–Crippen MR) is 137 cm³/mol. The Bertz CT molecular complexity index is 1370. The zero-order valence-electron chi connectivity index (χ0n) is 19.3. The maximum Gasteiger partial charge on any atom is 0.243 e. The van der Waals surface area contributed by atoms with Gasteiger partial charge >= 0.3 is 0 Å². The lowest BCUT2D eigenvalue weighted by Crippen LogP contribution is -2.61. The molecule has 1 aliphatic rings. The monoisotopic (exact) mass is 546 g/mol. The van der Waals surface area contributed by atoms with Gasteiger partial charge in [0.2, 0.25) is 26.0 Å². The van der Waals surface area contributed by atoms with Gasteiger partial charge in [0.05, 0.1) is 14.8 Å². The Hall–Kier alpha value is -2.77. The van der Waals surface area contributed by atoms with Gasteiger partial charge in [-0.15, -0.1) is 11.8 Å². The van der Waals surface area contributed by atoms with Gasteiger partial charge < -0.3 is 5.32 Å². The molecule has 12 heteroatoms. The van der Waals surface area contributed by atoms with Crippen molar-refractivity contribution in [3.05, 3.63) is 85.1 Å². The van der Waals surface area contributed by atoms with E-state index in [-0.39, 0.29) is 36.0 Å². The van der Waals surface area contributed by atoms with E-state index in [0.29, 0.717) is 5.75 Å². The van der Waals surface area contributed by atoms with Crippen molar-refractivity contribution in [2.75, 3.05) is 31.9 Å². The van der Waals surface area contributed by atoms with Gasteiger partial charge in [0, 0.05) is 38.1 Å². The molecule has 36 heavy (non-hydrogen) atoms. The number of carbonyl (C=O) groups excluding carboxylic acids is 1. The number of rotatable bonds is 9. The van der Waals surface area contributed by atoms with Crippen LogP contribution in [0.1, 0.15) is 0 Å². The number of benzene rings is 2. The van der Waals surface area contributed by atoms with Crippen LogP contribution in [-0.4, -0.2) is 74.3 Å². The van der Waals surface area contributed by atoms with Crippen LogP contribution in [0.2, 0.25) is 0 Å². The Labute approximate surface area is 215 Å². The molecule has 1 fully saturated rings. The second kappa shape index (κ2) is 11.5. The average Bonchev–Trinajstić information content (AvgIpc) is 2.92. The molecule has 0 aliphatic carbocycles. The quantitative estimate of drug-likeness (QED) is 0.323. The summed E-state index contributed by atoms with van der Waals surface area (Å²) in [6.07, 6.45) is 1.68. The normalized spacial score (nSPS) is 17.5. The van der Waals surface area contributed by atoms with Crippen molar-refractivity contribution in [2.24, 2.45) is 0 Å². The summed E-state index contributed by atoms with van der Waals surface area (Å²) < 4.78 is 55.5. The number of hydrogen-bond donors (Lipinski definition) is 1. The van der Waals surface area contributed by atoms with Gasteiger partial charge in [-0.25, -0.2) is 21.8 Å². The minimum atomic E-state index is -4.03. The van der Waals surface area contributed by atoms with Crippen molar-refractivity contribution < 1.29 is 21.6 Å². The molecule has 4 rings (SSSR count). The molecule has 1 atom stereocenters. The van der Waals surface area contributed by atoms with Gasteiger partial charge in [-0.05, 0) is 36.4 Å². The number of amides is 1. The molecule has 1 unspecified atom stereocenters. The highest BCUT2D eigenvalue weighted by Crippen LogP contribution is 2.25. The summed E-state index contributed by atoms with van der Waals surface area (Å²) in [4.78, 5) is 17.6. The van der Waals surface area contributed by atoms with E-state index in [4.69, 9.17) is 0 Å². The van der Waals surface area contributed by atoms with Crippen LogP contribution in [0.4, 0.5) is 0 Å². The van der Waals surface area contributed by atoms with Crippen molar-refractivity contribution in [1.29, 1.82) is 0 Å². The Kier molecular flexibility index (Phi) is 8.42. The van der Waals surface area contributed by atoms with Crippen LogP contribution in [-0.2, 0) is 24.8 Å². The number of hydrogen-bond acceptors (Lipinski definition) is 7. The van der Waals surface area contributed by atoms with Crippen LogP contribution in [0.5, 0.6) is 0 Å². The van der Waals surface area contributed by atoms with Crippen molar-refractivity contribution in [3.8, 4) is 0 Å². The lowest BCUT2D eigenvalue weighted by atomic mass is 10.2. The molecule has 1 aromatic heterocycles. The molecule has 2 aromatic carbocycles. The summed E-state index contributed by atoms with van der Waals surface area (Å²) >= 11 is 1.45. The average molecular weight is 547 g/mol. The van der Waals surface area contributed by atoms with Crippen molar-refractivity contribution in [1.82, 2.24) is 18.9 Å². The lowest BCUT2D eigenvalue weighted by molar-refractivity contribution is -0.125. The van der Waals surface area contributed by atoms with E-state index in [2.05, 4.69) is 10.3 Å². The van der Waals surface area contributed by atoms with E-state index in [1.54, 1.807) is 42.6 Å². The van der Waals surface area contributed by atoms with E-state index in [9.17, 15) is 21.6 Å². The fraction of sp³-hybridized carbons (Fsp3) is 0.250. The molecule has 0 saturated carbocycles. The molecule has 3 aromatic rings. The molecule has 0 bridgehead atoms. The Balaban J connectivity index is 1.54. The standard InChI is InChI=1S/C24H26N4O5S3/c29-24(26-15-18-34-23-13-7-8-14-25-23)22-19-27(35(30,31)20-9-3-1-4-10-20)16-17-28(22)36(32,33)21-11-5-2-6-12-21/h1-14,22H,15-19H2,(H,26,29). The fourth-order valence-corrected chi connectivity index (χ4v) is 7.58. The number of aromatic nitrogens is 1. The molecule has 1 saturated heterocycles. The molecule has 1 aliphatic heterocycles. The van der Waals surface area contributed by atoms with Crippen LogP contribution in [0.25, 0.3) is 0 Å². The number of thioether (sulfide) groups is 1. The second-order valence-electron chi connectivity index (χ2n) is 7.93. The van der Waals surface area contributed by atoms with Gasteiger partial charge in [0.15, 0.2) is 0 Å². The summed E-state index contributed by atoms with van der Waals surface area (Å²) in [6.45, 7) is -0.240. The van der Waals surface area contributed by atoms with Crippen LogP contribution in [0.3, 0.4) is 0 Å². The fourth-order valence-electron chi connectivity index (χ4n) is 3.81. The number of pyridine rings is 1. The molecule has 1 amide bonds. The number of piperazine rings is 1. The first-order valence-electron chi connectivity index (χ1n) is 11.2. The number of carbonyl (C=O) groups is 1. The van der Waals surface area contributed by atoms with Gasteiger partial charge in [0.1, 0.15) is 6.04 Å². The minimum absolute atomic E-state index is 0.0490. The molecule has 2 heterocycles. The molecule has 0 spiro atoms. The minimum Gasteiger partial charge on any atom is -0.354 e. The van der Waals surface area contributed by atoms with E-state index in [0.717, 1.165) is 9.33 Å². The third kappa shape index (κ3) is 5.95. The first-order valence-corrected chi connectivity index (χ1v) is 15.1. The zero-order chi connectivity index (χ0) is 25.6. The first kappa shape index (κ1) is 26.3. The highest BCUT2D eigenvalue weighted by Gasteiger charge is 2.43. The maximum atomic E-state index is 13.4. The topological polar surface area (TPSA) is 117 Å². The predicted octanol–water partition coefficient (Wildman–Crippen LogP) is 2.05. The Morgan fingerprint density at radius 3 is 2.08 bits per heavy atom. The highest BCUT2D eigenvalue weighted by atomic mass is 32.2. The van der Waals surface area contributed by atoms with Crippen molar-refractivity contribution in [2.45, 2.75) is 20.9 Å². The van der Waals surface area contributed by atoms with Gasteiger partial charge in [0.25, 0.3) is 0 Å². The number of sulfonamides is 2. The summed E-state index contributed by atoms with van der Waals surface area (Å²) in [5.74, 6) is -0.0310. The van der Waals surface area contributed by atoms with E-state index in [1.165, 1.54) is 40.3 Å². The summed E-state index contributed by atoms with van der Waals surface area (Å²) in [5, 5.41) is 3.58. The van der Waals surface area contributed by atoms with Gasteiger partial charge in [-0.1, -0.05) is 42.5 Å². The van der Waals surface area contributed by atoms with Gasteiger partial charge in [-0.2, -0.15) is 8.61 Å². The van der Waals surface area contributed by atoms with Crippen molar-refractivity contribution in [3.63, 3.8) is 0 Å². The van der Waals surface area contributed by atoms with E-state index < -0.39 is 32.0 Å². The van der Waals surface area contributed by atoms with Crippen LogP contribution in [0.15, 0.2) is 99.9 Å². The third-order valence-corrected chi connectivity index (χ3v) is 10.4. The number of nitrogens with zero attached hydrogens (tertiary/aromatic N) is 3. The van der Waals surface area contributed by atoms with Crippen LogP contribution in [0, 0.1) is 0 Å². The summed E-state index contributed by atoms with van der Waals surface area (Å²) in [6, 6.07) is 20.0. The second-order valence-corrected chi connectivity index (χ2v) is 12.9. The maximum absolute atomic E-state index is 13.4. The Morgan fingerprint density at radius 2 is 1.47 bits per heavy atom. The summed E-state index contributed by atoms with van der Waals surface area (Å²) in [5.41, 5.74) is 0. The Morgan fingerprint density at radius 1 is 0.861 bits per heavy atom. The smallest absolute Gasteiger partial charge is 0.243 e. The third-order valence-electron chi connectivity index (χ3n) is 5.62. The number of nitrogens with one attached hydrogen (secondary N) is 1. The van der Waals surface area contributed by atoms with E-state index in [1.807, 2.05) is 18.2 Å². The zero-order valence-corrected chi connectivity index (χ0v) is 21.8. The first-order chi connectivity index (χ1) is 17.3. The molecule has 1 N–H and O–H groups in total. The van der Waals surface area contributed by atoms with Crippen LogP contribution >= 0.6 is 11.8 Å². The molecule has 9 nitrogen and oxygen atoms in total. The van der Waals surface area contributed by atoms with Gasteiger partial charge in [-0.3, -0.25) is 4.79 Å². The molecule has 190 valence electrons. The molecular formula is C24H26N4O5S3. The summed E-state index contributed by atoms with van der Waals surface area (Å²) in [7, 11) is -7.93.